The number of hydrogen-bond donors (Lipinski definition) is 2. The molecular formula is C9H12FN3O2. The monoisotopic (exact) mass is 213 g/mol. The van der Waals surface area contributed by atoms with Crippen LogP contribution in [0.1, 0.15) is 19.4 Å². The first kappa shape index (κ1) is 13.0. The maximum Gasteiger partial charge on any atom is 0.283 e. The first-order valence-electron chi connectivity index (χ1n) is 4.30. The molecule has 0 atom stereocenters. The fourth-order valence-corrected chi connectivity index (χ4v) is 0.933. The third-order valence-electron chi connectivity index (χ3n) is 1.50. The van der Waals surface area contributed by atoms with Crippen molar-refractivity contribution in [3.63, 3.8) is 0 Å². The molecule has 6 heteroatoms. The molecule has 0 aromatic heterocycles. The molecule has 0 amide bonds. The second kappa shape index (κ2) is 5.69. The van der Waals surface area contributed by atoms with E-state index in [1.807, 2.05) is 13.8 Å². The number of nitrogens with zero attached hydrogens (tertiary/aromatic N) is 1. The Morgan fingerprint density at radius 1 is 1.53 bits per heavy atom. The van der Waals surface area contributed by atoms with Crippen LogP contribution in [0.4, 0.5) is 15.8 Å². The largest absolute Gasteiger partial charge is 0.398 e. The van der Waals surface area contributed by atoms with Crippen molar-refractivity contribution >= 4 is 17.6 Å². The quantitative estimate of drug-likeness (QED) is 0.341. The Labute approximate surface area is 86.4 Å². The van der Waals surface area contributed by atoms with Crippen LogP contribution in [-0.2, 0) is 0 Å². The fraction of sp³-hybridized carbons (Fsp3) is 0.222. The Hall–Kier alpha value is -1.98. The van der Waals surface area contributed by atoms with Gasteiger partial charge in [0.15, 0.2) is 0 Å². The van der Waals surface area contributed by atoms with Crippen molar-refractivity contribution in [2.24, 2.45) is 0 Å². The average Bonchev–Trinajstić information content (AvgIpc) is 2.19. The van der Waals surface area contributed by atoms with Crippen LogP contribution < -0.4 is 5.73 Å². The van der Waals surface area contributed by atoms with E-state index in [9.17, 15) is 14.5 Å². The number of nitrogens with two attached hydrogens (primary N) is 1. The van der Waals surface area contributed by atoms with Gasteiger partial charge in [0, 0.05) is 6.21 Å². The lowest BCUT2D eigenvalue weighted by Gasteiger charge is -2.00. The van der Waals surface area contributed by atoms with Gasteiger partial charge in [-0.2, -0.15) is 0 Å². The summed E-state index contributed by atoms with van der Waals surface area (Å²) in [6, 6.07) is 1.67. The Morgan fingerprint density at radius 3 is 2.47 bits per heavy atom. The molecule has 15 heavy (non-hydrogen) atoms. The highest BCUT2D eigenvalue weighted by Crippen LogP contribution is 2.23. The van der Waals surface area contributed by atoms with Crippen molar-refractivity contribution in [2.45, 2.75) is 13.8 Å². The molecule has 0 saturated heterocycles. The SMILES string of the molecule is CC.N=Cc1c(N)cc(F)cc1[N+](=O)[O-]. The minimum Gasteiger partial charge on any atom is -0.398 e. The molecule has 0 radical (unpaired) electrons. The molecule has 0 aliphatic rings. The second-order valence-electron chi connectivity index (χ2n) is 2.33. The molecule has 0 aliphatic heterocycles. The number of anilines is 1. The topological polar surface area (TPSA) is 93.0 Å². The van der Waals surface area contributed by atoms with Crippen molar-refractivity contribution in [1.82, 2.24) is 0 Å². The van der Waals surface area contributed by atoms with Gasteiger partial charge < -0.3 is 11.1 Å². The lowest BCUT2D eigenvalue weighted by molar-refractivity contribution is -0.385. The lowest BCUT2D eigenvalue weighted by atomic mass is 10.1. The van der Waals surface area contributed by atoms with E-state index in [0.29, 0.717) is 0 Å². The van der Waals surface area contributed by atoms with Crippen LogP contribution in [0.25, 0.3) is 0 Å². The van der Waals surface area contributed by atoms with Crippen LogP contribution in [0, 0.1) is 21.3 Å². The third kappa shape index (κ3) is 3.01. The van der Waals surface area contributed by atoms with E-state index in [1.165, 1.54) is 0 Å². The molecular weight excluding hydrogens is 201 g/mol. The zero-order chi connectivity index (χ0) is 12.0. The van der Waals surface area contributed by atoms with E-state index in [-0.39, 0.29) is 11.3 Å². The summed E-state index contributed by atoms with van der Waals surface area (Å²) in [6.45, 7) is 4.00. The van der Waals surface area contributed by atoms with E-state index >= 15 is 0 Å². The molecule has 0 heterocycles. The van der Waals surface area contributed by atoms with Crippen LogP contribution in [0.15, 0.2) is 12.1 Å². The number of nitrogens with one attached hydrogen (secondary N) is 1. The smallest absolute Gasteiger partial charge is 0.283 e. The summed E-state index contributed by atoms with van der Waals surface area (Å²) in [5.74, 6) is -0.783. The van der Waals surface area contributed by atoms with Crippen molar-refractivity contribution in [3.05, 3.63) is 33.6 Å². The molecule has 0 fully saturated rings. The summed E-state index contributed by atoms with van der Waals surface area (Å²) in [7, 11) is 0. The molecule has 0 aliphatic carbocycles. The van der Waals surface area contributed by atoms with Crippen LogP contribution in [0.2, 0.25) is 0 Å². The number of rotatable bonds is 2. The van der Waals surface area contributed by atoms with Crippen molar-refractivity contribution in [3.8, 4) is 0 Å². The van der Waals surface area contributed by atoms with Gasteiger partial charge in [-0.1, -0.05) is 13.8 Å². The summed E-state index contributed by atoms with van der Waals surface area (Å²) in [5, 5.41) is 17.2. The third-order valence-corrected chi connectivity index (χ3v) is 1.50. The van der Waals surface area contributed by atoms with Gasteiger partial charge in [0.25, 0.3) is 5.69 Å². The summed E-state index contributed by atoms with van der Waals surface area (Å²) in [4.78, 5) is 9.59. The maximum atomic E-state index is 12.6. The van der Waals surface area contributed by atoms with Gasteiger partial charge in [-0.3, -0.25) is 10.1 Å². The molecule has 1 aromatic carbocycles. The Kier molecular flexibility index (Phi) is 4.94. The van der Waals surface area contributed by atoms with Gasteiger partial charge in [0.2, 0.25) is 0 Å². The zero-order valence-corrected chi connectivity index (χ0v) is 8.45. The van der Waals surface area contributed by atoms with E-state index in [1.54, 1.807) is 0 Å². The standard InChI is InChI=1S/C7H6FN3O2.C2H6/c8-4-1-6(10)5(3-9)7(2-4)11(12)13;1-2/h1-3,9H,10H2;1-2H3. The highest BCUT2D eigenvalue weighted by molar-refractivity contribution is 5.90. The number of nitro groups is 1. The van der Waals surface area contributed by atoms with Crippen LogP contribution in [-0.4, -0.2) is 11.1 Å². The number of benzene rings is 1. The molecule has 1 aromatic rings. The summed E-state index contributed by atoms with van der Waals surface area (Å²) in [6.07, 6.45) is 0.729. The minimum absolute atomic E-state index is 0.0774. The summed E-state index contributed by atoms with van der Waals surface area (Å²) in [5.41, 5.74) is 4.59. The number of nitro benzene ring substituents is 1. The van der Waals surface area contributed by atoms with E-state index in [2.05, 4.69) is 0 Å². The molecule has 1 rings (SSSR count). The summed E-state index contributed by atoms with van der Waals surface area (Å²) < 4.78 is 12.6. The van der Waals surface area contributed by atoms with Crippen molar-refractivity contribution in [2.75, 3.05) is 5.73 Å². The van der Waals surface area contributed by atoms with Crippen LogP contribution >= 0.6 is 0 Å². The zero-order valence-electron chi connectivity index (χ0n) is 8.45. The van der Waals surface area contributed by atoms with Gasteiger partial charge in [-0.15, -0.1) is 0 Å². The van der Waals surface area contributed by atoms with Gasteiger partial charge in [0.1, 0.15) is 5.82 Å². The van der Waals surface area contributed by atoms with Crippen LogP contribution in [0.3, 0.4) is 0 Å². The molecule has 0 bridgehead atoms. The first-order valence-corrected chi connectivity index (χ1v) is 4.30. The Morgan fingerprint density at radius 2 is 2.07 bits per heavy atom. The highest BCUT2D eigenvalue weighted by Gasteiger charge is 2.16. The second-order valence-corrected chi connectivity index (χ2v) is 2.33. The average molecular weight is 213 g/mol. The number of nitrogen functional groups attached to an aromatic ring is 1. The highest BCUT2D eigenvalue weighted by atomic mass is 19.1. The van der Waals surface area contributed by atoms with Gasteiger partial charge in [-0.05, 0) is 6.07 Å². The molecule has 0 saturated carbocycles. The lowest BCUT2D eigenvalue weighted by Crippen LogP contribution is -2.00. The van der Waals surface area contributed by atoms with Gasteiger partial charge in [-0.25, -0.2) is 4.39 Å². The van der Waals surface area contributed by atoms with Gasteiger partial charge >= 0.3 is 0 Å². The Balaban J connectivity index is 0.000000921. The first-order chi connectivity index (χ1) is 7.06. The Bertz CT molecular complexity index is 380. The molecule has 0 unspecified atom stereocenters. The fourth-order valence-electron chi connectivity index (χ4n) is 0.933. The normalized spacial score (nSPS) is 8.73. The predicted octanol–water partition coefficient (Wildman–Crippen LogP) is 2.34. The van der Waals surface area contributed by atoms with Crippen molar-refractivity contribution < 1.29 is 9.31 Å². The maximum absolute atomic E-state index is 12.6. The van der Waals surface area contributed by atoms with Gasteiger partial charge in [0.05, 0.1) is 22.2 Å². The molecule has 82 valence electrons. The molecule has 0 spiro atoms. The number of hydrogen-bond acceptors (Lipinski definition) is 4. The molecule has 5 nitrogen and oxygen atoms in total. The van der Waals surface area contributed by atoms with Crippen LogP contribution in [0.5, 0.6) is 0 Å². The molecule has 3 N–H and O–H groups in total. The van der Waals surface area contributed by atoms with E-state index in [0.717, 1.165) is 18.3 Å². The van der Waals surface area contributed by atoms with Crippen molar-refractivity contribution in [1.29, 1.82) is 5.41 Å². The van der Waals surface area contributed by atoms with E-state index in [4.69, 9.17) is 11.1 Å². The summed E-state index contributed by atoms with van der Waals surface area (Å²) >= 11 is 0. The minimum atomic E-state index is -0.783. The number of halogens is 1. The predicted molar refractivity (Wildman–Crippen MR) is 56.7 cm³/mol. The van der Waals surface area contributed by atoms with E-state index < -0.39 is 16.4 Å².